The van der Waals surface area contributed by atoms with Crippen molar-refractivity contribution >= 4 is 48.3 Å². The van der Waals surface area contributed by atoms with Crippen molar-refractivity contribution < 1.29 is 22.9 Å². The Bertz CT molecular complexity index is 1230. The lowest BCUT2D eigenvalue weighted by molar-refractivity contribution is -0.384. The highest BCUT2D eigenvalue weighted by Crippen LogP contribution is 2.30. The van der Waals surface area contributed by atoms with Crippen LogP contribution in [-0.4, -0.2) is 54.8 Å². The molecule has 0 saturated carbocycles. The van der Waals surface area contributed by atoms with E-state index in [2.05, 4.69) is 10.3 Å². The van der Waals surface area contributed by atoms with Crippen LogP contribution in [0.2, 0.25) is 0 Å². The molecular weight excluding hydrogens is 432 g/mol. The van der Waals surface area contributed by atoms with Crippen LogP contribution < -0.4 is 5.32 Å². The quantitative estimate of drug-likeness (QED) is 0.468. The number of hydrogen-bond donors (Lipinski definition) is 1. The lowest BCUT2D eigenvalue weighted by Crippen LogP contribution is -2.40. The van der Waals surface area contributed by atoms with Gasteiger partial charge in [0.1, 0.15) is 0 Å². The van der Waals surface area contributed by atoms with Crippen molar-refractivity contribution in [3.8, 4) is 0 Å². The van der Waals surface area contributed by atoms with E-state index in [1.165, 1.54) is 40.7 Å². The first-order valence-electron chi connectivity index (χ1n) is 8.89. The number of aromatic nitrogens is 1. The molecule has 2 heterocycles. The summed E-state index contributed by atoms with van der Waals surface area (Å²) in [5, 5.41) is 13.8. The number of carbonyl (C=O) groups excluding carboxylic acids is 1. The van der Waals surface area contributed by atoms with E-state index in [-0.39, 0.29) is 21.3 Å². The maximum Gasteiger partial charge on any atom is 0.270 e. The van der Waals surface area contributed by atoms with Gasteiger partial charge in [-0.2, -0.15) is 4.31 Å². The minimum Gasteiger partial charge on any atom is -0.379 e. The van der Waals surface area contributed by atoms with Crippen LogP contribution in [0.5, 0.6) is 0 Å². The van der Waals surface area contributed by atoms with Gasteiger partial charge in [0.2, 0.25) is 10.0 Å². The van der Waals surface area contributed by atoms with E-state index >= 15 is 0 Å². The fraction of sp³-hybridized carbons (Fsp3) is 0.222. The first kappa shape index (κ1) is 20.3. The van der Waals surface area contributed by atoms with Gasteiger partial charge in [0.25, 0.3) is 11.6 Å². The number of nitro groups is 1. The predicted molar refractivity (Wildman–Crippen MR) is 110 cm³/mol. The predicted octanol–water partition coefficient (Wildman–Crippen LogP) is 2.48. The number of amides is 1. The number of nitro benzene ring substituents is 1. The van der Waals surface area contributed by atoms with Gasteiger partial charge >= 0.3 is 0 Å². The van der Waals surface area contributed by atoms with Crippen molar-refractivity contribution in [3.05, 3.63) is 58.1 Å². The van der Waals surface area contributed by atoms with Gasteiger partial charge in [-0.05, 0) is 24.3 Å². The van der Waals surface area contributed by atoms with Crippen molar-refractivity contribution in [2.24, 2.45) is 0 Å². The van der Waals surface area contributed by atoms with E-state index in [0.717, 1.165) is 11.3 Å². The van der Waals surface area contributed by atoms with E-state index < -0.39 is 20.9 Å². The number of fused-ring (bicyclic) bond motifs is 1. The number of non-ortho nitro benzene ring substituents is 1. The average Bonchev–Trinajstić information content (AvgIpc) is 3.15. The Balaban J connectivity index is 1.57. The van der Waals surface area contributed by atoms with Crippen LogP contribution in [0.3, 0.4) is 0 Å². The van der Waals surface area contributed by atoms with Crippen molar-refractivity contribution in [1.82, 2.24) is 9.29 Å². The Hall–Kier alpha value is -2.93. The summed E-state index contributed by atoms with van der Waals surface area (Å²) in [4.78, 5) is 27.2. The fourth-order valence-corrected chi connectivity index (χ4v) is 5.39. The SMILES string of the molecule is O=C(Nc1nc2ccc(S(=O)(=O)N3CCOCC3)cc2s1)c1cccc([N+](=O)[O-])c1. The molecule has 10 nitrogen and oxygen atoms in total. The van der Waals surface area contributed by atoms with Crippen LogP contribution >= 0.6 is 11.3 Å². The number of morpholine rings is 1. The van der Waals surface area contributed by atoms with Crippen molar-refractivity contribution in [2.75, 3.05) is 31.6 Å². The van der Waals surface area contributed by atoms with Crippen LogP contribution in [0.1, 0.15) is 10.4 Å². The van der Waals surface area contributed by atoms with Gasteiger partial charge in [0.05, 0.1) is 33.2 Å². The average molecular weight is 448 g/mol. The third kappa shape index (κ3) is 4.03. The van der Waals surface area contributed by atoms with Crippen LogP contribution in [0.4, 0.5) is 10.8 Å². The Morgan fingerprint density at radius 3 is 2.70 bits per heavy atom. The summed E-state index contributed by atoms with van der Waals surface area (Å²) < 4.78 is 32.8. The minimum atomic E-state index is -3.64. The molecule has 1 aromatic heterocycles. The molecule has 12 heteroatoms. The molecule has 1 aliphatic heterocycles. The molecule has 1 N–H and O–H groups in total. The first-order valence-corrected chi connectivity index (χ1v) is 11.1. The number of benzene rings is 2. The zero-order valence-corrected chi connectivity index (χ0v) is 17.1. The first-order chi connectivity index (χ1) is 14.3. The number of ether oxygens (including phenoxy) is 1. The van der Waals surface area contributed by atoms with Gasteiger partial charge in [-0.3, -0.25) is 20.2 Å². The molecule has 1 fully saturated rings. The van der Waals surface area contributed by atoms with E-state index in [1.807, 2.05) is 0 Å². The number of sulfonamides is 1. The van der Waals surface area contributed by atoms with Gasteiger partial charge < -0.3 is 4.74 Å². The topological polar surface area (TPSA) is 132 Å². The summed E-state index contributed by atoms with van der Waals surface area (Å²) in [6.45, 7) is 1.31. The Kier molecular flexibility index (Phi) is 5.47. The van der Waals surface area contributed by atoms with E-state index in [9.17, 15) is 23.3 Å². The highest BCUT2D eigenvalue weighted by Gasteiger charge is 2.26. The largest absolute Gasteiger partial charge is 0.379 e. The van der Waals surface area contributed by atoms with Crippen LogP contribution in [0.15, 0.2) is 47.4 Å². The number of nitrogens with one attached hydrogen (secondary N) is 1. The van der Waals surface area contributed by atoms with Crippen LogP contribution in [0, 0.1) is 10.1 Å². The molecule has 156 valence electrons. The lowest BCUT2D eigenvalue weighted by atomic mass is 10.2. The number of carbonyl (C=O) groups is 1. The molecule has 0 radical (unpaired) electrons. The molecule has 0 spiro atoms. The molecule has 0 atom stereocenters. The number of anilines is 1. The maximum atomic E-state index is 12.8. The summed E-state index contributed by atoms with van der Waals surface area (Å²) in [5.74, 6) is -0.543. The summed E-state index contributed by atoms with van der Waals surface area (Å²) in [5.41, 5.74) is 0.472. The maximum absolute atomic E-state index is 12.8. The van der Waals surface area contributed by atoms with E-state index in [4.69, 9.17) is 4.74 Å². The Morgan fingerprint density at radius 2 is 1.97 bits per heavy atom. The zero-order valence-electron chi connectivity index (χ0n) is 15.5. The van der Waals surface area contributed by atoms with E-state index in [0.29, 0.717) is 36.5 Å². The van der Waals surface area contributed by atoms with Gasteiger partial charge in [-0.25, -0.2) is 13.4 Å². The fourth-order valence-electron chi connectivity index (χ4n) is 2.98. The Labute approximate surface area is 175 Å². The smallest absolute Gasteiger partial charge is 0.270 e. The summed E-state index contributed by atoms with van der Waals surface area (Å²) >= 11 is 1.12. The standard InChI is InChI=1S/C18H16N4O6S2/c23-17(12-2-1-3-13(10-12)22(24)25)20-18-19-15-5-4-14(11-16(15)29-18)30(26,27)21-6-8-28-9-7-21/h1-5,10-11H,6-9H2,(H,19,20,23). The summed E-state index contributed by atoms with van der Waals surface area (Å²) in [7, 11) is -3.64. The summed E-state index contributed by atoms with van der Waals surface area (Å²) in [6, 6.07) is 9.96. The molecule has 3 aromatic rings. The van der Waals surface area contributed by atoms with Crippen molar-refractivity contribution in [3.63, 3.8) is 0 Å². The molecule has 0 bridgehead atoms. The molecule has 1 saturated heterocycles. The molecule has 1 amide bonds. The highest BCUT2D eigenvalue weighted by atomic mass is 32.2. The van der Waals surface area contributed by atoms with E-state index in [1.54, 1.807) is 6.07 Å². The number of hydrogen-bond acceptors (Lipinski definition) is 8. The normalized spacial score (nSPS) is 15.2. The van der Waals surface area contributed by atoms with Crippen molar-refractivity contribution in [2.45, 2.75) is 4.90 Å². The van der Waals surface area contributed by atoms with Gasteiger partial charge in [-0.1, -0.05) is 17.4 Å². The zero-order chi connectivity index (χ0) is 21.3. The van der Waals surface area contributed by atoms with Crippen molar-refractivity contribution in [1.29, 1.82) is 0 Å². The third-order valence-corrected chi connectivity index (χ3v) is 7.34. The second-order valence-electron chi connectivity index (χ2n) is 6.43. The number of thiazole rings is 1. The summed E-state index contributed by atoms with van der Waals surface area (Å²) in [6.07, 6.45) is 0. The van der Waals surface area contributed by atoms with Gasteiger partial charge in [0, 0.05) is 30.8 Å². The molecule has 4 rings (SSSR count). The molecule has 30 heavy (non-hydrogen) atoms. The molecule has 0 unspecified atom stereocenters. The molecular formula is C18H16N4O6S2. The highest BCUT2D eigenvalue weighted by molar-refractivity contribution is 7.89. The number of nitrogens with zero attached hydrogens (tertiary/aromatic N) is 3. The third-order valence-electron chi connectivity index (χ3n) is 4.51. The van der Waals surface area contributed by atoms with Crippen LogP contribution in [-0.2, 0) is 14.8 Å². The van der Waals surface area contributed by atoms with Gasteiger partial charge in [0.15, 0.2) is 5.13 Å². The molecule has 1 aliphatic rings. The van der Waals surface area contributed by atoms with Crippen LogP contribution in [0.25, 0.3) is 10.2 Å². The second-order valence-corrected chi connectivity index (χ2v) is 9.40. The van der Waals surface area contributed by atoms with Gasteiger partial charge in [-0.15, -0.1) is 0 Å². The monoisotopic (exact) mass is 448 g/mol. The Morgan fingerprint density at radius 1 is 1.20 bits per heavy atom. The second kappa shape index (κ2) is 8.07. The molecule has 0 aliphatic carbocycles. The number of rotatable bonds is 5. The lowest BCUT2D eigenvalue weighted by Gasteiger charge is -2.25. The minimum absolute atomic E-state index is 0.124. The molecule has 2 aromatic carbocycles.